The van der Waals surface area contributed by atoms with Crippen molar-refractivity contribution in [2.75, 3.05) is 0 Å². The maximum atomic E-state index is 12.5. The first-order valence-electron chi connectivity index (χ1n) is 7.91. The Morgan fingerprint density at radius 1 is 1.33 bits per heavy atom. The van der Waals surface area contributed by atoms with Crippen molar-refractivity contribution in [1.29, 1.82) is 0 Å². The van der Waals surface area contributed by atoms with E-state index in [0.29, 0.717) is 5.56 Å². The number of nitrogens with two attached hydrogens (primary N) is 1. The van der Waals surface area contributed by atoms with Gasteiger partial charge in [-0.15, -0.1) is 12.4 Å². The largest absolute Gasteiger partial charge is 0.349 e. The first-order chi connectivity index (χ1) is 11.0. The molecule has 0 aliphatic heterocycles. The van der Waals surface area contributed by atoms with Crippen molar-refractivity contribution in [1.82, 2.24) is 15.1 Å². The van der Waals surface area contributed by atoms with Crippen molar-refractivity contribution in [3.05, 3.63) is 46.2 Å². The molecule has 24 heavy (non-hydrogen) atoms. The van der Waals surface area contributed by atoms with E-state index in [-0.39, 0.29) is 30.4 Å². The first-order valence-corrected chi connectivity index (χ1v) is 8.71. The number of amides is 1. The van der Waals surface area contributed by atoms with Gasteiger partial charge in [0.2, 0.25) is 0 Å². The molecule has 5 nitrogen and oxygen atoms in total. The number of aromatic nitrogens is 2. The number of halogens is 2. The number of rotatable bonds is 3. The standard InChI is InChI=1S/C17H21BrN4O.ClH/c1-11-16(17(23)21-14-7-5-13(19)6-8-14)10-20-22(11)15-4-2-3-12(18)9-15;/h2-4,9-10,13-14H,5-8,19H2,1H3,(H,21,23);1H. The van der Waals surface area contributed by atoms with E-state index in [1.54, 1.807) is 10.9 Å². The molecular weight excluding hydrogens is 392 g/mol. The zero-order valence-corrected chi connectivity index (χ0v) is 15.9. The number of carbonyl (C=O) groups is 1. The minimum absolute atomic E-state index is 0. The Balaban J connectivity index is 0.00000208. The molecule has 0 atom stereocenters. The van der Waals surface area contributed by atoms with Crippen LogP contribution in [-0.2, 0) is 0 Å². The summed E-state index contributed by atoms with van der Waals surface area (Å²) in [5, 5.41) is 7.48. The summed E-state index contributed by atoms with van der Waals surface area (Å²) in [7, 11) is 0. The molecule has 1 aliphatic carbocycles. The number of benzene rings is 1. The minimum Gasteiger partial charge on any atom is -0.349 e. The molecule has 0 saturated heterocycles. The number of nitrogens with zero attached hydrogens (tertiary/aromatic N) is 2. The molecule has 2 aromatic rings. The summed E-state index contributed by atoms with van der Waals surface area (Å²) in [6.07, 6.45) is 5.49. The molecule has 1 amide bonds. The number of hydrogen-bond donors (Lipinski definition) is 2. The summed E-state index contributed by atoms with van der Waals surface area (Å²) in [4.78, 5) is 12.5. The van der Waals surface area contributed by atoms with E-state index in [1.807, 2.05) is 31.2 Å². The summed E-state index contributed by atoms with van der Waals surface area (Å²) in [5.41, 5.74) is 8.31. The highest BCUT2D eigenvalue weighted by Gasteiger charge is 2.22. The van der Waals surface area contributed by atoms with Crippen molar-refractivity contribution in [3.8, 4) is 5.69 Å². The number of carbonyl (C=O) groups excluding carboxylic acids is 1. The van der Waals surface area contributed by atoms with Gasteiger partial charge in [-0.1, -0.05) is 22.0 Å². The van der Waals surface area contributed by atoms with E-state index in [4.69, 9.17) is 5.73 Å². The van der Waals surface area contributed by atoms with Crippen LogP contribution in [0.25, 0.3) is 5.69 Å². The van der Waals surface area contributed by atoms with Crippen LogP contribution in [0.15, 0.2) is 34.9 Å². The number of nitrogens with one attached hydrogen (secondary N) is 1. The van der Waals surface area contributed by atoms with Gasteiger partial charge in [0.05, 0.1) is 23.1 Å². The summed E-state index contributed by atoms with van der Waals surface area (Å²) >= 11 is 3.46. The molecule has 0 spiro atoms. The third-order valence-electron chi connectivity index (χ3n) is 4.41. The highest BCUT2D eigenvalue weighted by Crippen LogP contribution is 2.20. The third kappa shape index (κ3) is 4.18. The lowest BCUT2D eigenvalue weighted by atomic mass is 9.91. The van der Waals surface area contributed by atoms with Gasteiger partial charge in [0, 0.05) is 16.6 Å². The maximum absolute atomic E-state index is 12.5. The molecule has 1 aromatic heterocycles. The Labute approximate surface area is 156 Å². The van der Waals surface area contributed by atoms with Gasteiger partial charge in [0.15, 0.2) is 0 Å². The molecule has 0 bridgehead atoms. The predicted octanol–water partition coefficient (Wildman–Crippen LogP) is 3.36. The summed E-state index contributed by atoms with van der Waals surface area (Å²) in [6, 6.07) is 8.36. The van der Waals surface area contributed by atoms with Crippen LogP contribution in [0.3, 0.4) is 0 Å². The van der Waals surface area contributed by atoms with Gasteiger partial charge in [0.1, 0.15) is 0 Å². The smallest absolute Gasteiger partial charge is 0.254 e. The van der Waals surface area contributed by atoms with E-state index < -0.39 is 0 Å². The number of hydrogen-bond acceptors (Lipinski definition) is 3. The monoisotopic (exact) mass is 412 g/mol. The Morgan fingerprint density at radius 3 is 2.71 bits per heavy atom. The molecule has 0 unspecified atom stereocenters. The first kappa shape index (κ1) is 19.0. The van der Waals surface area contributed by atoms with E-state index in [0.717, 1.165) is 41.5 Å². The van der Waals surface area contributed by atoms with Crippen molar-refractivity contribution in [2.45, 2.75) is 44.7 Å². The molecule has 0 radical (unpaired) electrons. The fourth-order valence-corrected chi connectivity index (χ4v) is 3.41. The molecule has 130 valence electrons. The molecule has 3 rings (SSSR count). The van der Waals surface area contributed by atoms with Gasteiger partial charge in [-0.3, -0.25) is 4.79 Å². The SMILES string of the molecule is Cc1c(C(=O)NC2CCC(N)CC2)cnn1-c1cccc(Br)c1.Cl. The Morgan fingerprint density at radius 2 is 2.04 bits per heavy atom. The molecule has 7 heteroatoms. The Hall–Kier alpha value is -1.37. The molecule has 1 saturated carbocycles. The Kier molecular flexibility index (Phi) is 6.43. The van der Waals surface area contributed by atoms with E-state index in [9.17, 15) is 4.79 Å². The second-order valence-corrected chi connectivity index (χ2v) is 7.04. The zero-order valence-electron chi connectivity index (χ0n) is 13.5. The van der Waals surface area contributed by atoms with Gasteiger partial charge in [-0.25, -0.2) is 4.68 Å². The van der Waals surface area contributed by atoms with Crippen molar-refractivity contribution >= 4 is 34.2 Å². The molecular formula is C17H22BrClN4O. The van der Waals surface area contributed by atoms with Crippen LogP contribution in [0, 0.1) is 6.92 Å². The fourth-order valence-electron chi connectivity index (χ4n) is 3.03. The Bertz CT molecular complexity index is 710. The van der Waals surface area contributed by atoms with Gasteiger partial charge >= 0.3 is 0 Å². The summed E-state index contributed by atoms with van der Waals surface area (Å²) in [5.74, 6) is -0.0516. The lowest BCUT2D eigenvalue weighted by Crippen LogP contribution is -2.40. The zero-order chi connectivity index (χ0) is 16.4. The average molecular weight is 414 g/mol. The highest BCUT2D eigenvalue weighted by atomic mass is 79.9. The normalized spacial score (nSPS) is 20.3. The molecule has 1 heterocycles. The quantitative estimate of drug-likeness (QED) is 0.810. The van der Waals surface area contributed by atoms with E-state index in [1.165, 1.54) is 0 Å². The van der Waals surface area contributed by atoms with Crippen LogP contribution in [0.1, 0.15) is 41.7 Å². The van der Waals surface area contributed by atoms with Gasteiger partial charge in [0.25, 0.3) is 5.91 Å². The second-order valence-electron chi connectivity index (χ2n) is 6.12. The lowest BCUT2D eigenvalue weighted by Gasteiger charge is -2.26. The molecule has 1 aromatic carbocycles. The maximum Gasteiger partial charge on any atom is 0.254 e. The lowest BCUT2D eigenvalue weighted by molar-refractivity contribution is 0.0925. The van der Waals surface area contributed by atoms with Crippen LogP contribution < -0.4 is 11.1 Å². The van der Waals surface area contributed by atoms with Gasteiger partial charge in [-0.05, 0) is 50.8 Å². The van der Waals surface area contributed by atoms with Gasteiger partial charge < -0.3 is 11.1 Å². The minimum atomic E-state index is -0.0516. The van der Waals surface area contributed by atoms with Crippen LogP contribution in [0.4, 0.5) is 0 Å². The van der Waals surface area contributed by atoms with Crippen molar-refractivity contribution < 1.29 is 4.79 Å². The predicted molar refractivity (Wildman–Crippen MR) is 101 cm³/mol. The molecule has 1 aliphatic rings. The van der Waals surface area contributed by atoms with Crippen LogP contribution in [0.2, 0.25) is 0 Å². The van der Waals surface area contributed by atoms with E-state index >= 15 is 0 Å². The topological polar surface area (TPSA) is 72.9 Å². The van der Waals surface area contributed by atoms with E-state index in [2.05, 4.69) is 26.3 Å². The van der Waals surface area contributed by atoms with Crippen LogP contribution >= 0.6 is 28.3 Å². The third-order valence-corrected chi connectivity index (χ3v) is 4.91. The van der Waals surface area contributed by atoms with Crippen LogP contribution in [-0.4, -0.2) is 27.8 Å². The molecule has 1 fully saturated rings. The van der Waals surface area contributed by atoms with Gasteiger partial charge in [-0.2, -0.15) is 5.10 Å². The summed E-state index contributed by atoms with van der Waals surface area (Å²) < 4.78 is 2.77. The summed E-state index contributed by atoms with van der Waals surface area (Å²) in [6.45, 7) is 1.92. The molecule has 3 N–H and O–H groups in total. The van der Waals surface area contributed by atoms with Crippen molar-refractivity contribution in [3.63, 3.8) is 0 Å². The second kappa shape index (κ2) is 8.14. The van der Waals surface area contributed by atoms with Crippen molar-refractivity contribution in [2.24, 2.45) is 5.73 Å². The fraction of sp³-hybridized carbons (Fsp3) is 0.412. The van der Waals surface area contributed by atoms with Crippen LogP contribution in [0.5, 0.6) is 0 Å². The highest BCUT2D eigenvalue weighted by molar-refractivity contribution is 9.10. The average Bonchev–Trinajstić information content (AvgIpc) is 2.91.